The number of hydrogen-bond acceptors (Lipinski definition) is 6. The number of phenolic OH excluding ortho intramolecular Hbond substituents is 2. The summed E-state index contributed by atoms with van der Waals surface area (Å²) in [6, 6.07) is 26.0. The first kappa shape index (κ1) is 22.0. The minimum atomic E-state index is -3.70. The Morgan fingerprint density at radius 3 is 1.27 bits per heavy atom. The first-order valence-electron chi connectivity index (χ1n) is 10.0. The zero-order chi connectivity index (χ0) is 23.3. The molecule has 4 aromatic carbocycles. The number of benzene rings is 4. The van der Waals surface area contributed by atoms with Gasteiger partial charge in [-0.05, 0) is 72.8 Å². The van der Waals surface area contributed by atoms with Gasteiger partial charge in [-0.2, -0.15) is 0 Å². The van der Waals surface area contributed by atoms with E-state index in [0.717, 1.165) is 0 Å². The van der Waals surface area contributed by atoms with Crippen molar-refractivity contribution in [1.29, 1.82) is 0 Å². The summed E-state index contributed by atoms with van der Waals surface area (Å²) in [5, 5.41) is 19.6. The molecule has 0 unspecified atom stereocenters. The van der Waals surface area contributed by atoms with E-state index in [0.29, 0.717) is 22.5 Å². The molecule has 0 saturated heterocycles. The number of nitrogens with zero attached hydrogens (tertiary/aromatic N) is 2. The van der Waals surface area contributed by atoms with E-state index in [1.54, 1.807) is 72.8 Å². The molecular weight excluding hydrogens is 436 g/mol. The molecule has 4 aromatic rings. The highest BCUT2D eigenvalue weighted by atomic mass is 32.2. The van der Waals surface area contributed by atoms with Gasteiger partial charge in [-0.25, -0.2) is 8.42 Å². The number of sulfone groups is 1. The van der Waals surface area contributed by atoms with Crippen LogP contribution in [0.1, 0.15) is 11.1 Å². The summed E-state index contributed by atoms with van der Waals surface area (Å²) in [4.78, 5) is 8.86. The molecule has 0 atom stereocenters. The molecule has 2 N–H and O–H groups in total. The van der Waals surface area contributed by atoms with Crippen molar-refractivity contribution in [2.45, 2.75) is 9.79 Å². The summed E-state index contributed by atoms with van der Waals surface area (Å²) in [6.45, 7) is 0. The van der Waals surface area contributed by atoms with Gasteiger partial charge in [0.25, 0.3) is 0 Å². The lowest BCUT2D eigenvalue weighted by molar-refractivity contribution is 0.474. The van der Waals surface area contributed by atoms with Crippen molar-refractivity contribution in [3.05, 3.63) is 108 Å². The van der Waals surface area contributed by atoms with Crippen molar-refractivity contribution in [3.63, 3.8) is 0 Å². The molecule has 0 aliphatic rings. The third kappa shape index (κ3) is 5.16. The van der Waals surface area contributed by atoms with Crippen LogP contribution in [-0.4, -0.2) is 31.1 Å². The highest BCUT2D eigenvalue weighted by Gasteiger charge is 2.17. The van der Waals surface area contributed by atoms with Crippen LogP contribution in [0, 0.1) is 0 Å². The topological polar surface area (TPSA) is 99.3 Å². The van der Waals surface area contributed by atoms with Gasteiger partial charge in [0.15, 0.2) is 0 Å². The second-order valence-electron chi connectivity index (χ2n) is 7.13. The number of aromatic hydroxyl groups is 2. The van der Waals surface area contributed by atoms with E-state index in [2.05, 4.69) is 9.98 Å². The molecule has 0 saturated carbocycles. The van der Waals surface area contributed by atoms with E-state index < -0.39 is 9.84 Å². The summed E-state index contributed by atoms with van der Waals surface area (Å²) >= 11 is 0. The van der Waals surface area contributed by atoms with Gasteiger partial charge in [0.2, 0.25) is 9.84 Å². The molecule has 0 aromatic heterocycles. The monoisotopic (exact) mass is 456 g/mol. The number of para-hydroxylation sites is 2. The number of rotatable bonds is 6. The standard InChI is InChI=1S/C26H20N2O4S/c29-25-7-3-1-5-19(25)17-27-21-9-13-23(14-10-21)33(31,32)24-15-11-22(12-16-24)28-18-20-6-2-4-8-26(20)30/h1-18,29-30H. The van der Waals surface area contributed by atoms with E-state index in [4.69, 9.17) is 0 Å². The quantitative estimate of drug-likeness (QED) is 0.378. The largest absolute Gasteiger partial charge is 0.507 e. The molecule has 0 amide bonds. The molecule has 0 bridgehead atoms. The average molecular weight is 457 g/mol. The Labute approximate surface area is 191 Å². The summed E-state index contributed by atoms with van der Waals surface area (Å²) in [5.41, 5.74) is 2.26. The van der Waals surface area contributed by atoms with Crippen molar-refractivity contribution in [3.8, 4) is 11.5 Å². The van der Waals surface area contributed by atoms with Crippen LogP contribution < -0.4 is 0 Å². The molecule has 0 heterocycles. The van der Waals surface area contributed by atoms with Crippen LogP contribution in [0.25, 0.3) is 0 Å². The van der Waals surface area contributed by atoms with E-state index in [9.17, 15) is 18.6 Å². The SMILES string of the molecule is O=S(=O)(c1ccc(N=Cc2ccccc2O)cc1)c1ccc(N=Cc2ccccc2O)cc1. The van der Waals surface area contributed by atoms with Gasteiger partial charge in [-0.15, -0.1) is 0 Å². The Morgan fingerprint density at radius 1 is 0.545 bits per heavy atom. The molecule has 4 rings (SSSR count). The van der Waals surface area contributed by atoms with Gasteiger partial charge in [-0.1, -0.05) is 24.3 Å². The molecule has 164 valence electrons. The molecular formula is C26H20N2O4S. The fraction of sp³-hybridized carbons (Fsp3) is 0. The Hall–Kier alpha value is -4.23. The fourth-order valence-electron chi connectivity index (χ4n) is 3.04. The highest BCUT2D eigenvalue weighted by Crippen LogP contribution is 2.26. The first-order chi connectivity index (χ1) is 15.9. The molecule has 33 heavy (non-hydrogen) atoms. The first-order valence-corrected chi connectivity index (χ1v) is 11.5. The smallest absolute Gasteiger partial charge is 0.206 e. The zero-order valence-electron chi connectivity index (χ0n) is 17.4. The van der Waals surface area contributed by atoms with Crippen LogP contribution in [0.4, 0.5) is 11.4 Å². The molecule has 0 spiro atoms. The van der Waals surface area contributed by atoms with E-state index in [-0.39, 0.29) is 21.3 Å². The van der Waals surface area contributed by atoms with Crippen molar-refractivity contribution >= 4 is 33.6 Å². The van der Waals surface area contributed by atoms with Gasteiger partial charge in [0.05, 0.1) is 21.2 Å². The zero-order valence-corrected chi connectivity index (χ0v) is 18.2. The lowest BCUT2D eigenvalue weighted by Gasteiger charge is -2.05. The number of phenols is 2. The minimum absolute atomic E-state index is 0.119. The lowest BCUT2D eigenvalue weighted by Crippen LogP contribution is -2.01. The van der Waals surface area contributed by atoms with Crippen LogP contribution >= 0.6 is 0 Å². The summed E-state index contributed by atoms with van der Waals surface area (Å²) in [7, 11) is -3.70. The normalized spacial score (nSPS) is 11.9. The molecule has 0 fully saturated rings. The van der Waals surface area contributed by atoms with Crippen LogP contribution in [-0.2, 0) is 9.84 Å². The third-order valence-electron chi connectivity index (χ3n) is 4.87. The van der Waals surface area contributed by atoms with Gasteiger partial charge in [0, 0.05) is 23.6 Å². The van der Waals surface area contributed by atoms with Crippen molar-refractivity contribution in [2.75, 3.05) is 0 Å². The predicted molar refractivity (Wildman–Crippen MR) is 129 cm³/mol. The maximum Gasteiger partial charge on any atom is 0.206 e. The third-order valence-corrected chi connectivity index (χ3v) is 6.66. The van der Waals surface area contributed by atoms with Crippen molar-refractivity contribution < 1.29 is 18.6 Å². The van der Waals surface area contributed by atoms with Crippen LogP contribution in [0.3, 0.4) is 0 Å². The van der Waals surface area contributed by atoms with Gasteiger partial charge >= 0.3 is 0 Å². The average Bonchev–Trinajstić information content (AvgIpc) is 2.83. The Balaban J connectivity index is 1.50. The maximum absolute atomic E-state index is 13.0. The van der Waals surface area contributed by atoms with Gasteiger partial charge < -0.3 is 10.2 Å². The minimum Gasteiger partial charge on any atom is -0.507 e. The summed E-state index contributed by atoms with van der Waals surface area (Å²) < 4.78 is 25.9. The molecule has 7 heteroatoms. The van der Waals surface area contributed by atoms with Crippen LogP contribution in [0.2, 0.25) is 0 Å². The van der Waals surface area contributed by atoms with Gasteiger partial charge in [0.1, 0.15) is 11.5 Å². The number of aliphatic imine (C=N–C) groups is 2. The molecule has 0 aliphatic carbocycles. The second kappa shape index (κ2) is 9.50. The Bertz CT molecular complexity index is 1320. The summed E-state index contributed by atoms with van der Waals surface area (Å²) in [5.74, 6) is 0.239. The lowest BCUT2D eigenvalue weighted by atomic mass is 10.2. The Kier molecular flexibility index (Phi) is 6.33. The highest BCUT2D eigenvalue weighted by molar-refractivity contribution is 7.91. The van der Waals surface area contributed by atoms with E-state index in [1.807, 2.05) is 0 Å². The van der Waals surface area contributed by atoms with Crippen molar-refractivity contribution in [2.24, 2.45) is 9.98 Å². The number of hydrogen-bond donors (Lipinski definition) is 2. The van der Waals surface area contributed by atoms with Crippen molar-refractivity contribution in [1.82, 2.24) is 0 Å². The van der Waals surface area contributed by atoms with E-state index in [1.165, 1.54) is 36.7 Å². The maximum atomic E-state index is 13.0. The predicted octanol–water partition coefficient (Wildman–Crippen LogP) is 5.43. The van der Waals surface area contributed by atoms with Gasteiger partial charge in [-0.3, -0.25) is 9.98 Å². The summed E-state index contributed by atoms with van der Waals surface area (Å²) in [6.07, 6.45) is 3.04. The van der Waals surface area contributed by atoms with Crippen LogP contribution in [0.15, 0.2) is 117 Å². The molecule has 0 aliphatic heterocycles. The van der Waals surface area contributed by atoms with E-state index >= 15 is 0 Å². The fourth-order valence-corrected chi connectivity index (χ4v) is 4.30. The van der Waals surface area contributed by atoms with Crippen LogP contribution in [0.5, 0.6) is 11.5 Å². The molecule has 6 nitrogen and oxygen atoms in total. The molecule has 0 radical (unpaired) electrons. The Morgan fingerprint density at radius 2 is 0.909 bits per heavy atom. The second-order valence-corrected chi connectivity index (χ2v) is 9.07.